The van der Waals surface area contributed by atoms with E-state index in [1.807, 2.05) is 20.8 Å². The van der Waals surface area contributed by atoms with Crippen molar-refractivity contribution in [1.29, 1.82) is 0 Å². The normalized spacial score (nSPS) is 20.2. The van der Waals surface area contributed by atoms with Crippen molar-refractivity contribution in [3.63, 3.8) is 0 Å². The van der Waals surface area contributed by atoms with Crippen LogP contribution in [0.25, 0.3) is 0 Å². The minimum atomic E-state index is -0.932. The second-order valence-electron chi connectivity index (χ2n) is 6.50. The first kappa shape index (κ1) is 17.8. The van der Waals surface area contributed by atoms with Crippen LogP contribution in [-0.2, 0) is 14.4 Å². The van der Waals surface area contributed by atoms with Crippen molar-refractivity contribution in [2.24, 2.45) is 11.3 Å². The largest absolute Gasteiger partial charge is 0.481 e. The first-order valence-electron chi connectivity index (χ1n) is 6.92. The lowest BCUT2D eigenvalue weighted by Gasteiger charge is -2.32. The first-order valence-corrected chi connectivity index (χ1v) is 8.07. The van der Waals surface area contributed by atoms with Gasteiger partial charge in [-0.3, -0.25) is 14.4 Å². The number of rotatable bonds is 4. The quantitative estimate of drug-likeness (QED) is 0.841. The Hall–Kier alpha value is -1.24. The summed E-state index contributed by atoms with van der Waals surface area (Å²) in [6.07, 6.45) is 0. The molecular formula is C14H24N2O4S. The molecular weight excluding hydrogens is 292 g/mol. The second kappa shape index (κ2) is 6.68. The molecule has 1 fully saturated rings. The van der Waals surface area contributed by atoms with Crippen molar-refractivity contribution in [2.75, 3.05) is 25.2 Å². The molecule has 21 heavy (non-hydrogen) atoms. The van der Waals surface area contributed by atoms with Gasteiger partial charge in [0.25, 0.3) is 0 Å². The molecule has 1 heterocycles. The summed E-state index contributed by atoms with van der Waals surface area (Å²) in [4.78, 5) is 38.8. The molecule has 0 bridgehead atoms. The maximum atomic E-state index is 12.5. The summed E-state index contributed by atoms with van der Waals surface area (Å²) in [5.41, 5.74) is -0.531. The molecule has 7 heteroatoms. The molecule has 1 rings (SSSR count). The molecule has 0 spiro atoms. The summed E-state index contributed by atoms with van der Waals surface area (Å²) in [6, 6.07) is -0.493. The summed E-state index contributed by atoms with van der Waals surface area (Å²) in [7, 11) is 1.59. The number of likely N-dealkylation sites (N-methyl/N-ethyl adjacent to an activating group) is 1. The van der Waals surface area contributed by atoms with Gasteiger partial charge in [-0.05, 0) is 0 Å². The summed E-state index contributed by atoms with van der Waals surface area (Å²) in [5, 5.41) is 8.92. The third kappa shape index (κ3) is 4.36. The van der Waals surface area contributed by atoms with E-state index in [4.69, 9.17) is 5.11 Å². The Morgan fingerprint density at radius 1 is 1.38 bits per heavy atom. The zero-order chi connectivity index (χ0) is 16.4. The van der Waals surface area contributed by atoms with Crippen LogP contribution < -0.4 is 0 Å². The summed E-state index contributed by atoms with van der Waals surface area (Å²) in [6.45, 7) is 7.20. The maximum Gasteiger partial charge on any atom is 0.308 e. The number of carbonyl (C=O) groups excluding carboxylic acids is 2. The van der Waals surface area contributed by atoms with Crippen molar-refractivity contribution in [3.05, 3.63) is 0 Å². The van der Waals surface area contributed by atoms with Gasteiger partial charge in [-0.2, -0.15) is 0 Å². The smallest absolute Gasteiger partial charge is 0.308 e. The van der Waals surface area contributed by atoms with Gasteiger partial charge < -0.3 is 14.9 Å². The van der Waals surface area contributed by atoms with Crippen molar-refractivity contribution in [1.82, 2.24) is 9.80 Å². The number of nitrogens with zero attached hydrogens (tertiary/aromatic N) is 2. The van der Waals surface area contributed by atoms with Gasteiger partial charge >= 0.3 is 5.97 Å². The molecule has 1 aliphatic rings. The van der Waals surface area contributed by atoms with E-state index in [9.17, 15) is 14.4 Å². The monoisotopic (exact) mass is 316 g/mol. The van der Waals surface area contributed by atoms with Crippen molar-refractivity contribution in [2.45, 2.75) is 33.7 Å². The van der Waals surface area contributed by atoms with E-state index in [1.54, 1.807) is 30.6 Å². The topological polar surface area (TPSA) is 77.9 Å². The Bertz CT molecular complexity index is 433. The van der Waals surface area contributed by atoms with Gasteiger partial charge in [-0.1, -0.05) is 27.7 Å². The lowest BCUT2D eigenvalue weighted by molar-refractivity contribution is -0.149. The molecule has 2 amide bonds. The summed E-state index contributed by atoms with van der Waals surface area (Å²) < 4.78 is 0. The van der Waals surface area contributed by atoms with Crippen LogP contribution in [0.2, 0.25) is 0 Å². The lowest BCUT2D eigenvalue weighted by Crippen LogP contribution is -2.51. The zero-order valence-corrected chi connectivity index (χ0v) is 14.1. The van der Waals surface area contributed by atoms with E-state index < -0.39 is 23.3 Å². The minimum Gasteiger partial charge on any atom is -0.481 e. The van der Waals surface area contributed by atoms with Gasteiger partial charge in [0.15, 0.2) is 0 Å². The number of amides is 2. The molecule has 1 N–H and O–H groups in total. The summed E-state index contributed by atoms with van der Waals surface area (Å²) >= 11 is 1.55. The molecule has 0 aromatic rings. The molecule has 1 saturated heterocycles. The number of thioether (sulfide) groups is 1. The molecule has 0 saturated carbocycles. The predicted octanol–water partition coefficient (Wildman–Crippen LogP) is 1.11. The molecule has 120 valence electrons. The van der Waals surface area contributed by atoms with E-state index in [2.05, 4.69) is 0 Å². The van der Waals surface area contributed by atoms with Crippen molar-refractivity contribution in [3.8, 4) is 0 Å². The van der Waals surface area contributed by atoms with Gasteiger partial charge in [0.1, 0.15) is 6.04 Å². The minimum absolute atomic E-state index is 0.0504. The van der Waals surface area contributed by atoms with Crippen LogP contribution in [0, 0.1) is 11.3 Å². The average molecular weight is 316 g/mol. The Balaban J connectivity index is 2.76. The number of carboxylic acids is 1. The highest BCUT2D eigenvalue weighted by molar-refractivity contribution is 7.99. The molecule has 2 atom stereocenters. The number of aliphatic carboxylic acids is 1. The zero-order valence-electron chi connectivity index (χ0n) is 13.3. The molecule has 2 unspecified atom stereocenters. The highest BCUT2D eigenvalue weighted by Gasteiger charge is 2.40. The predicted molar refractivity (Wildman–Crippen MR) is 81.9 cm³/mol. The first-order chi connectivity index (χ1) is 9.55. The third-order valence-corrected chi connectivity index (χ3v) is 4.43. The number of carbonyl (C=O) groups is 3. The fourth-order valence-corrected chi connectivity index (χ4v) is 3.26. The highest BCUT2D eigenvalue weighted by Crippen LogP contribution is 2.28. The maximum absolute atomic E-state index is 12.5. The van der Waals surface area contributed by atoms with Crippen LogP contribution in [0.15, 0.2) is 0 Å². The number of hydrogen-bond donors (Lipinski definition) is 1. The van der Waals surface area contributed by atoms with Gasteiger partial charge in [-0.25, -0.2) is 0 Å². The van der Waals surface area contributed by atoms with Gasteiger partial charge in [0, 0.05) is 24.8 Å². The number of carboxylic acid groups (broad SMARTS) is 1. The van der Waals surface area contributed by atoms with E-state index in [0.717, 1.165) is 0 Å². The van der Waals surface area contributed by atoms with E-state index in [1.165, 1.54) is 4.90 Å². The molecule has 0 radical (unpaired) electrons. The van der Waals surface area contributed by atoms with Crippen LogP contribution in [0.3, 0.4) is 0 Å². The average Bonchev–Trinajstić information content (AvgIpc) is 2.84. The Kier molecular flexibility index (Phi) is 5.67. The van der Waals surface area contributed by atoms with Crippen molar-refractivity contribution >= 4 is 29.5 Å². The van der Waals surface area contributed by atoms with Crippen LogP contribution in [-0.4, -0.2) is 64.0 Å². The molecule has 0 aromatic heterocycles. The Morgan fingerprint density at radius 2 is 1.95 bits per heavy atom. The van der Waals surface area contributed by atoms with Crippen LogP contribution >= 0.6 is 11.8 Å². The standard InChI is InChI=1S/C14H24N2O4S/c1-9(12(18)19)6-15(5)11(17)10-7-21-8-16(10)13(20)14(2,3)4/h9-10H,6-8H2,1-5H3,(H,18,19). The van der Waals surface area contributed by atoms with E-state index in [0.29, 0.717) is 11.6 Å². The molecule has 1 aliphatic heterocycles. The van der Waals surface area contributed by atoms with Crippen molar-refractivity contribution < 1.29 is 19.5 Å². The van der Waals surface area contributed by atoms with E-state index in [-0.39, 0.29) is 18.4 Å². The molecule has 0 aliphatic carbocycles. The third-order valence-electron chi connectivity index (χ3n) is 3.42. The molecule has 0 aromatic carbocycles. The van der Waals surface area contributed by atoms with Crippen LogP contribution in [0.5, 0.6) is 0 Å². The lowest BCUT2D eigenvalue weighted by atomic mass is 9.94. The Morgan fingerprint density at radius 3 is 2.43 bits per heavy atom. The fraction of sp³-hybridized carbons (Fsp3) is 0.786. The Labute approximate surface area is 129 Å². The van der Waals surface area contributed by atoms with Gasteiger partial charge in [-0.15, -0.1) is 11.8 Å². The van der Waals surface area contributed by atoms with Crippen LogP contribution in [0.1, 0.15) is 27.7 Å². The number of hydrogen-bond acceptors (Lipinski definition) is 4. The highest BCUT2D eigenvalue weighted by atomic mass is 32.2. The fourth-order valence-electron chi connectivity index (χ4n) is 2.11. The van der Waals surface area contributed by atoms with Crippen LogP contribution in [0.4, 0.5) is 0 Å². The molecule has 6 nitrogen and oxygen atoms in total. The van der Waals surface area contributed by atoms with Gasteiger partial charge in [0.05, 0.1) is 11.8 Å². The SMILES string of the molecule is CC(CN(C)C(=O)C1CSCN1C(=O)C(C)(C)C)C(=O)O. The second-order valence-corrected chi connectivity index (χ2v) is 7.50. The summed E-state index contributed by atoms with van der Waals surface area (Å²) in [5.74, 6) is -0.726. The van der Waals surface area contributed by atoms with E-state index >= 15 is 0 Å². The van der Waals surface area contributed by atoms with Gasteiger partial charge in [0.2, 0.25) is 11.8 Å².